The van der Waals surface area contributed by atoms with Gasteiger partial charge in [-0.15, -0.1) is 6.58 Å². The van der Waals surface area contributed by atoms with Crippen molar-refractivity contribution in [2.24, 2.45) is 0 Å². The van der Waals surface area contributed by atoms with Crippen molar-refractivity contribution >= 4 is 5.91 Å². The maximum absolute atomic E-state index is 10.6. The van der Waals surface area contributed by atoms with E-state index in [1.54, 1.807) is 6.08 Å². The highest BCUT2D eigenvalue weighted by Crippen LogP contribution is 1.87. The second kappa shape index (κ2) is 5.09. The molecule has 0 rings (SSSR count). The predicted octanol–water partition coefficient (Wildman–Crippen LogP) is 1.21. The number of allylic oxidation sites excluding steroid dienone is 1. The van der Waals surface area contributed by atoms with E-state index in [-0.39, 0.29) is 5.91 Å². The Bertz CT molecular complexity index is 118. The van der Waals surface area contributed by atoms with Gasteiger partial charge in [0.15, 0.2) is 0 Å². The molecule has 0 aromatic carbocycles. The van der Waals surface area contributed by atoms with Crippen LogP contribution in [0.1, 0.15) is 12.8 Å². The summed E-state index contributed by atoms with van der Waals surface area (Å²) in [7, 11) is 0. The number of carbonyl (C=O) groups is 1. The predicted molar refractivity (Wildman–Crippen MR) is 37.8 cm³/mol. The highest BCUT2D eigenvalue weighted by Gasteiger charge is 1.92. The Kier molecular flexibility index (Phi) is 4.50. The number of hydrogen-bond acceptors (Lipinski definition) is 1. The van der Waals surface area contributed by atoms with Gasteiger partial charge in [-0.05, 0) is 12.6 Å². The van der Waals surface area contributed by atoms with Crippen LogP contribution in [-0.2, 0) is 4.79 Å². The Labute approximate surface area is 55.3 Å². The third-order valence-corrected chi connectivity index (χ3v) is 0.839. The van der Waals surface area contributed by atoms with E-state index in [2.05, 4.69) is 18.5 Å². The molecular weight excluding hydrogens is 114 g/mol. The number of amides is 1. The summed E-state index contributed by atoms with van der Waals surface area (Å²) in [6.45, 7) is 6.84. The van der Waals surface area contributed by atoms with Crippen molar-refractivity contribution in [3.05, 3.63) is 25.4 Å². The molecule has 0 saturated heterocycles. The van der Waals surface area contributed by atoms with Gasteiger partial charge in [0.25, 0.3) is 0 Å². The average molecular weight is 125 g/mol. The summed E-state index contributed by atoms with van der Waals surface area (Å²) >= 11 is 0. The normalized spacial score (nSPS) is 8.00. The fourth-order valence-electron chi connectivity index (χ4n) is 0.419. The lowest BCUT2D eigenvalue weighted by Crippen LogP contribution is -2.15. The van der Waals surface area contributed by atoms with Gasteiger partial charge in [-0.1, -0.05) is 12.7 Å². The molecule has 0 aromatic heterocycles. The SMILES string of the molecule is C=CCCC(=O)NC=C. The third-order valence-electron chi connectivity index (χ3n) is 0.839. The molecule has 0 aliphatic carbocycles. The van der Waals surface area contributed by atoms with Crippen molar-refractivity contribution in [2.45, 2.75) is 12.8 Å². The fraction of sp³-hybridized carbons (Fsp3) is 0.286. The van der Waals surface area contributed by atoms with Crippen molar-refractivity contribution in [3.63, 3.8) is 0 Å². The molecule has 0 atom stereocenters. The van der Waals surface area contributed by atoms with Crippen LogP contribution in [0, 0.1) is 0 Å². The van der Waals surface area contributed by atoms with Gasteiger partial charge >= 0.3 is 0 Å². The van der Waals surface area contributed by atoms with Gasteiger partial charge in [-0.2, -0.15) is 0 Å². The maximum atomic E-state index is 10.6. The quantitative estimate of drug-likeness (QED) is 0.562. The van der Waals surface area contributed by atoms with Gasteiger partial charge < -0.3 is 5.32 Å². The van der Waals surface area contributed by atoms with Crippen LogP contribution in [-0.4, -0.2) is 5.91 Å². The lowest BCUT2D eigenvalue weighted by Gasteiger charge is -1.93. The van der Waals surface area contributed by atoms with Crippen molar-refractivity contribution in [1.29, 1.82) is 0 Å². The smallest absolute Gasteiger partial charge is 0.224 e. The molecule has 0 aromatic rings. The van der Waals surface area contributed by atoms with Crippen LogP contribution in [0.25, 0.3) is 0 Å². The van der Waals surface area contributed by atoms with E-state index in [9.17, 15) is 4.79 Å². The standard InChI is InChI=1S/C7H11NO/c1-3-5-6-7(9)8-4-2/h3-4H,1-2,5-6H2,(H,8,9). The van der Waals surface area contributed by atoms with E-state index in [4.69, 9.17) is 0 Å². The minimum absolute atomic E-state index is 0.00935. The monoisotopic (exact) mass is 125 g/mol. The summed E-state index contributed by atoms with van der Waals surface area (Å²) in [6, 6.07) is 0. The molecule has 9 heavy (non-hydrogen) atoms. The van der Waals surface area contributed by atoms with Crippen molar-refractivity contribution < 1.29 is 4.79 Å². The molecule has 0 heterocycles. The van der Waals surface area contributed by atoms with Crippen molar-refractivity contribution in [3.8, 4) is 0 Å². The number of rotatable bonds is 4. The molecular formula is C7H11NO. The first-order valence-electron chi connectivity index (χ1n) is 2.82. The molecule has 1 amide bonds. The summed E-state index contributed by atoms with van der Waals surface area (Å²) < 4.78 is 0. The Morgan fingerprint density at radius 2 is 2.22 bits per heavy atom. The van der Waals surface area contributed by atoms with E-state index >= 15 is 0 Å². The van der Waals surface area contributed by atoms with Crippen molar-refractivity contribution in [2.75, 3.05) is 0 Å². The first-order valence-corrected chi connectivity index (χ1v) is 2.82. The molecule has 1 N–H and O–H groups in total. The third kappa shape index (κ3) is 4.81. The zero-order chi connectivity index (χ0) is 7.11. The van der Waals surface area contributed by atoms with E-state index in [1.165, 1.54) is 6.20 Å². The topological polar surface area (TPSA) is 29.1 Å². The Hall–Kier alpha value is -1.05. The first kappa shape index (κ1) is 7.95. The Morgan fingerprint density at radius 1 is 1.56 bits per heavy atom. The van der Waals surface area contributed by atoms with Crippen LogP contribution in [0.4, 0.5) is 0 Å². The van der Waals surface area contributed by atoms with Crippen LogP contribution in [0.2, 0.25) is 0 Å². The minimum atomic E-state index is -0.00935. The molecule has 2 heteroatoms. The van der Waals surface area contributed by atoms with E-state index in [1.807, 2.05) is 0 Å². The van der Waals surface area contributed by atoms with Gasteiger partial charge in [-0.3, -0.25) is 4.79 Å². The van der Waals surface area contributed by atoms with Gasteiger partial charge in [0, 0.05) is 6.42 Å². The van der Waals surface area contributed by atoms with Gasteiger partial charge in [-0.25, -0.2) is 0 Å². The van der Waals surface area contributed by atoms with Crippen LogP contribution in [0.5, 0.6) is 0 Å². The zero-order valence-corrected chi connectivity index (χ0v) is 5.39. The molecule has 0 bridgehead atoms. The molecule has 0 fully saturated rings. The molecule has 0 saturated carbocycles. The molecule has 2 nitrogen and oxygen atoms in total. The highest BCUT2D eigenvalue weighted by molar-refractivity contribution is 5.76. The van der Waals surface area contributed by atoms with Crippen LogP contribution >= 0.6 is 0 Å². The van der Waals surface area contributed by atoms with Gasteiger partial charge in [0.05, 0.1) is 0 Å². The molecule has 0 radical (unpaired) electrons. The van der Waals surface area contributed by atoms with Crippen molar-refractivity contribution in [1.82, 2.24) is 5.32 Å². The van der Waals surface area contributed by atoms with Crippen LogP contribution < -0.4 is 5.32 Å². The van der Waals surface area contributed by atoms with E-state index in [0.29, 0.717) is 6.42 Å². The largest absolute Gasteiger partial charge is 0.333 e. The minimum Gasteiger partial charge on any atom is -0.333 e. The average Bonchev–Trinajstić information content (AvgIpc) is 1.85. The number of nitrogens with one attached hydrogen (secondary N) is 1. The Balaban J connectivity index is 3.26. The van der Waals surface area contributed by atoms with Gasteiger partial charge in [0.2, 0.25) is 5.91 Å². The summed E-state index contributed by atoms with van der Waals surface area (Å²) in [6.07, 6.45) is 4.31. The van der Waals surface area contributed by atoms with E-state index in [0.717, 1.165) is 6.42 Å². The fourth-order valence-corrected chi connectivity index (χ4v) is 0.419. The summed E-state index contributed by atoms with van der Waals surface area (Å²) in [5.41, 5.74) is 0. The first-order chi connectivity index (χ1) is 4.31. The second-order valence-corrected chi connectivity index (χ2v) is 1.60. The second-order valence-electron chi connectivity index (χ2n) is 1.60. The zero-order valence-electron chi connectivity index (χ0n) is 5.39. The summed E-state index contributed by atoms with van der Waals surface area (Å²) in [5.74, 6) is -0.00935. The number of carbonyl (C=O) groups excluding carboxylic acids is 1. The molecule has 50 valence electrons. The molecule has 0 spiro atoms. The van der Waals surface area contributed by atoms with Crippen LogP contribution in [0.3, 0.4) is 0 Å². The molecule has 0 unspecified atom stereocenters. The molecule has 0 aliphatic heterocycles. The lowest BCUT2D eigenvalue weighted by atomic mass is 10.3. The number of hydrogen-bond donors (Lipinski definition) is 1. The summed E-state index contributed by atoms with van der Waals surface area (Å²) in [5, 5.41) is 2.46. The van der Waals surface area contributed by atoms with Gasteiger partial charge in [0.1, 0.15) is 0 Å². The Morgan fingerprint density at radius 3 is 2.67 bits per heavy atom. The lowest BCUT2D eigenvalue weighted by molar-refractivity contribution is -0.120. The van der Waals surface area contributed by atoms with Crippen LogP contribution in [0.15, 0.2) is 25.4 Å². The highest BCUT2D eigenvalue weighted by atomic mass is 16.1. The van der Waals surface area contributed by atoms with E-state index < -0.39 is 0 Å². The summed E-state index contributed by atoms with van der Waals surface area (Å²) in [4.78, 5) is 10.6. The molecule has 0 aliphatic rings. The maximum Gasteiger partial charge on any atom is 0.224 e.